The van der Waals surface area contributed by atoms with Crippen LogP contribution in [0.25, 0.3) is 17.1 Å². The minimum absolute atomic E-state index is 0.435. The van der Waals surface area contributed by atoms with Gasteiger partial charge in [0.15, 0.2) is 0 Å². The van der Waals surface area contributed by atoms with Gasteiger partial charge in [-0.25, -0.2) is 0 Å². The summed E-state index contributed by atoms with van der Waals surface area (Å²) >= 11 is 7.29. The number of methoxy groups -OCH3 is 1. The molecule has 0 saturated heterocycles. The van der Waals surface area contributed by atoms with Gasteiger partial charge in [-0.2, -0.15) is 9.67 Å². The molecule has 0 aliphatic heterocycles. The molecule has 2 heterocycles. The molecule has 0 atom stereocenters. The van der Waals surface area contributed by atoms with Crippen LogP contribution in [0.1, 0.15) is 5.89 Å². The van der Waals surface area contributed by atoms with Crippen LogP contribution < -0.4 is 4.74 Å². The fourth-order valence-electron chi connectivity index (χ4n) is 2.33. The molecule has 10 heteroatoms. The Labute approximate surface area is 163 Å². The number of benzene rings is 2. The Bertz CT molecular complexity index is 1050. The van der Waals surface area contributed by atoms with Crippen molar-refractivity contribution in [3.63, 3.8) is 0 Å². The maximum Gasteiger partial charge on any atom is 0.237 e. The number of tetrazole rings is 1. The molecule has 0 spiro atoms. The van der Waals surface area contributed by atoms with Crippen molar-refractivity contribution < 1.29 is 9.26 Å². The van der Waals surface area contributed by atoms with Gasteiger partial charge in [-0.15, -0.1) is 5.10 Å². The molecule has 0 N–H and O–H groups in total. The second-order valence-electron chi connectivity index (χ2n) is 5.38. The number of ether oxygens (including phenoxy) is 1. The fourth-order valence-corrected chi connectivity index (χ4v) is 3.18. The number of hydrogen-bond donors (Lipinski definition) is 0. The minimum atomic E-state index is 0.435. The van der Waals surface area contributed by atoms with Crippen LogP contribution in [-0.4, -0.2) is 37.5 Å². The Morgan fingerprint density at radius 2 is 2.04 bits per heavy atom. The van der Waals surface area contributed by atoms with Gasteiger partial charge >= 0.3 is 0 Å². The summed E-state index contributed by atoms with van der Waals surface area (Å²) in [5.74, 6) is 2.15. The summed E-state index contributed by atoms with van der Waals surface area (Å²) in [6.07, 6.45) is 0. The third-order valence-corrected chi connectivity index (χ3v) is 4.79. The average molecular weight is 401 g/mol. The van der Waals surface area contributed by atoms with Crippen molar-refractivity contribution in [2.75, 3.05) is 7.11 Å². The highest BCUT2D eigenvalue weighted by Gasteiger charge is 2.14. The maximum absolute atomic E-state index is 5.90. The number of hydrogen-bond acceptors (Lipinski definition) is 8. The molecule has 0 aliphatic carbocycles. The third-order valence-electron chi connectivity index (χ3n) is 3.63. The zero-order valence-corrected chi connectivity index (χ0v) is 15.7. The van der Waals surface area contributed by atoms with E-state index in [1.807, 2.05) is 36.4 Å². The van der Waals surface area contributed by atoms with Crippen molar-refractivity contribution in [2.24, 2.45) is 0 Å². The first-order valence-electron chi connectivity index (χ1n) is 7.87. The van der Waals surface area contributed by atoms with Gasteiger partial charge in [-0.3, -0.25) is 0 Å². The normalized spacial score (nSPS) is 10.9. The minimum Gasteiger partial charge on any atom is -0.497 e. The van der Waals surface area contributed by atoms with Crippen molar-refractivity contribution in [1.82, 2.24) is 30.3 Å². The summed E-state index contributed by atoms with van der Waals surface area (Å²) in [7, 11) is 1.61. The number of rotatable bonds is 6. The number of halogens is 1. The summed E-state index contributed by atoms with van der Waals surface area (Å²) in [5.41, 5.74) is 1.63. The van der Waals surface area contributed by atoms with Crippen molar-refractivity contribution >= 4 is 23.4 Å². The predicted octanol–water partition coefficient (Wildman–Crippen LogP) is 3.67. The molecule has 0 saturated carbocycles. The lowest BCUT2D eigenvalue weighted by molar-refractivity contribution is 0.391. The molecule has 0 amide bonds. The summed E-state index contributed by atoms with van der Waals surface area (Å²) < 4.78 is 12.2. The molecule has 2 aromatic carbocycles. The van der Waals surface area contributed by atoms with E-state index in [9.17, 15) is 0 Å². The van der Waals surface area contributed by atoms with E-state index in [1.165, 1.54) is 11.8 Å². The van der Waals surface area contributed by atoms with Gasteiger partial charge in [0.25, 0.3) is 0 Å². The summed E-state index contributed by atoms with van der Waals surface area (Å²) in [6, 6.07) is 14.7. The molecule has 136 valence electrons. The van der Waals surface area contributed by atoms with Crippen molar-refractivity contribution in [3.05, 3.63) is 59.4 Å². The molecule has 0 bridgehead atoms. The van der Waals surface area contributed by atoms with E-state index in [0.29, 0.717) is 27.6 Å². The molecule has 0 radical (unpaired) electrons. The summed E-state index contributed by atoms with van der Waals surface area (Å²) in [4.78, 5) is 4.40. The van der Waals surface area contributed by atoms with Gasteiger partial charge in [-0.1, -0.05) is 34.6 Å². The molecule has 8 nitrogen and oxygen atoms in total. The molecular weight excluding hydrogens is 388 g/mol. The topological polar surface area (TPSA) is 91.8 Å². The van der Waals surface area contributed by atoms with E-state index in [-0.39, 0.29) is 0 Å². The van der Waals surface area contributed by atoms with Gasteiger partial charge in [0.2, 0.25) is 16.9 Å². The SMILES string of the molecule is COc1cccc(-n2nnnc2SCc2nc(-c3ccc(Cl)cc3)no2)c1. The Hall–Kier alpha value is -2.91. The first kappa shape index (κ1) is 17.5. The maximum atomic E-state index is 5.90. The lowest BCUT2D eigenvalue weighted by atomic mass is 10.2. The quantitative estimate of drug-likeness (QED) is 0.453. The molecule has 0 fully saturated rings. The molecule has 0 unspecified atom stereocenters. The summed E-state index contributed by atoms with van der Waals surface area (Å²) in [6.45, 7) is 0. The summed E-state index contributed by atoms with van der Waals surface area (Å²) in [5, 5.41) is 17.1. The first-order chi connectivity index (χ1) is 13.2. The van der Waals surface area contributed by atoms with Crippen LogP contribution in [0, 0.1) is 0 Å². The second-order valence-corrected chi connectivity index (χ2v) is 6.76. The molecule has 2 aromatic heterocycles. The molecule has 4 rings (SSSR count). The fraction of sp³-hybridized carbons (Fsp3) is 0.118. The van der Waals surface area contributed by atoms with Crippen molar-refractivity contribution in [1.29, 1.82) is 0 Å². The number of thioether (sulfide) groups is 1. The van der Waals surface area contributed by atoms with Crippen LogP contribution in [0.15, 0.2) is 58.2 Å². The lowest BCUT2D eigenvalue weighted by Crippen LogP contribution is -1.99. The molecule has 4 aromatic rings. The van der Waals surface area contributed by atoms with E-state index < -0.39 is 0 Å². The Balaban J connectivity index is 1.49. The zero-order chi connectivity index (χ0) is 18.6. The van der Waals surface area contributed by atoms with Crippen LogP contribution in [0.2, 0.25) is 5.02 Å². The van der Waals surface area contributed by atoms with E-state index in [0.717, 1.165) is 17.0 Å². The second kappa shape index (κ2) is 7.77. The van der Waals surface area contributed by atoms with Crippen LogP contribution in [0.4, 0.5) is 0 Å². The smallest absolute Gasteiger partial charge is 0.237 e. The van der Waals surface area contributed by atoms with Gasteiger partial charge in [0, 0.05) is 16.7 Å². The Kier molecular flexibility index (Phi) is 5.03. The Morgan fingerprint density at radius 3 is 2.85 bits per heavy atom. The van der Waals surface area contributed by atoms with Gasteiger partial charge in [-0.05, 0) is 46.8 Å². The highest BCUT2D eigenvalue weighted by atomic mass is 35.5. The molecule has 0 aliphatic rings. The standard InChI is InChI=1S/C17H13ClN6O2S/c1-25-14-4-2-3-13(9-14)24-17(20-22-23-24)27-10-15-19-16(21-26-15)11-5-7-12(18)8-6-11/h2-9H,10H2,1H3. The third kappa shape index (κ3) is 3.93. The van der Waals surface area contributed by atoms with E-state index in [1.54, 1.807) is 23.9 Å². The predicted molar refractivity (Wildman–Crippen MR) is 100 cm³/mol. The molecule has 27 heavy (non-hydrogen) atoms. The van der Waals surface area contributed by atoms with Gasteiger partial charge in [0.1, 0.15) is 5.75 Å². The lowest BCUT2D eigenvalue weighted by Gasteiger charge is -2.05. The number of nitrogens with zero attached hydrogens (tertiary/aromatic N) is 6. The Morgan fingerprint density at radius 1 is 1.19 bits per heavy atom. The van der Waals surface area contributed by atoms with Crippen LogP contribution in [-0.2, 0) is 5.75 Å². The highest BCUT2D eigenvalue weighted by Crippen LogP contribution is 2.25. The van der Waals surface area contributed by atoms with Gasteiger partial charge in [0.05, 0.1) is 18.6 Å². The molecular formula is C17H13ClN6O2S. The van der Waals surface area contributed by atoms with Crippen LogP contribution >= 0.6 is 23.4 Å². The van der Waals surface area contributed by atoms with Crippen molar-refractivity contribution in [2.45, 2.75) is 10.9 Å². The zero-order valence-electron chi connectivity index (χ0n) is 14.1. The largest absolute Gasteiger partial charge is 0.497 e. The van der Waals surface area contributed by atoms with Crippen LogP contribution in [0.3, 0.4) is 0 Å². The van der Waals surface area contributed by atoms with E-state index in [4.69, 9.17) is 20.9 Å². The first-order valence-corrected chi connectivity index (χ1v) is 9.23. The van der Waals surface area contributed by atoms with Crippen LogP contribution in [0.5, 0.6) is 5.75 Å². The van der Waals surface area contributed by atoms with E-state index >= 15 is 0 Å². The van der Waals surface area contributed by atoms with E-state index in [2.05, 4.69) is 25.7 Å². The monoisotopic (exact) mass is 400 g/mol. The highest BCUT2D eigenvalue weighted by molar-refractivity contribution is 7.98. The average Bonchev–Trinajstić information content (AvgIpc) is 3.36. The van der Waals surface area contributed by atoms with Crippen molar-refractivity contribution in [3.8, 4) is 22.8 Å². The van der Waals surface area contributed by atoms with Gasteiger partial charge < -0.3 is 9.26 Å². The number of aromatic nitrogens is 6.